The first kappa shape index (κ1) is 29.5. The molecule has 3 heterocycles. The van der Waals surface area contributed by atoms with Gasteiger partial charge in [-0.15, -0.1) is 11.3 Å². The number of esters is 1. The molecule has 1 saturated heterocycles. The van der Waals surface area contributed by atoms with Crippen LogP contribution in [0.5, 0.6) is 11.5 Å². The van der Waals surface area contributed by atoms with E-state index in [1.54, 1.807) is 32.2 Å². The van der Waals surface area contributed by atoms with Crippen LogP contribution in [-0.2, 0) is 25.7 Å². The predicted octanol–water partition coefficient (Wildman–Crippen LogP) is 4.48. The van der Waals surface area contributed by atoms with E-state index >= 15 is 0 Å². The molecule has 1 fully saturated rings. The Kier molecular flexibility index (Phi) is 7.80. The molecule has 13 nitrogen and oxygen atoms in total. The lowest BCUT2D eigenvalue weighted by atomic mass is 9.83. The Morgan fingerprint density at radius 2 is 1.88 bits per heavy atom. The summed E-state index contributed by atoms with van der Waals surface area (Å²) in [5, 5.41) is 35.4. The van der Waals surface area contributed by atoms with Crippen LogP contribution < -0.4 is 5.32 Å². The van der Waals surface area contributed by atoms with Gasteiger partial charge < -0.3 is 25.0 Å². The number of nitro groups is 1. The van der Waals surface area contributed by atoms with E-state index in [-0.39, 0.29) is 29.5 Å². The minimum absolute atomic E-state index is 0.00389. The second-order valence-corrected chi connectivity index (χ2v) is 11.9. The van der Waals surface area contributed by atoms with Crippen LogP contribution in [0.15, 0.2) is 53.5 Å². The fourth-order valence-electron chi connectivity index (χ4n) is 4.87. The van der Waals surface area contributed by atoms with Crippen molar-refractivity contribution in [2.24, 2.45) is 0 Å². The van der Waals surface area contributed by atoms with E-state index < -0.39 is 40.6 Å². The van der Waals surface area contributed by atoms with E-state index in [4.69, 9.17) is 9.47 Å². The molecule has 2 aromatic carbocycles. The zero-order valence-corrected chi connectivity index (χ0v) is 24.2. The molecule has 2 aliphatic heterocycles. The Morgan fingerprint density at radius 1 is 1.16 bits per heavy atom. The average molecular weight is 609 g/mol. The summed E-state index contributed by atoms with van der Waals surface area (Å²) in [6.45, 7) is 4.92. The fraction of sp³-hybridized carbons (Fsp3) is 0.310. The van der Waals surface area contributed by atoms with E-state index in [9.17, 15) is 34.7 Å². The van der Waals surface area contributed by atoms with Crippen LogP contribution in [0.25, 0.3) is 16.1 Å². The highest BCUT2D eigenvalue weighted by Crippen LogP contribution is 2.42. The van der Waals surface area contributed by atoms with E-state index in [1.807, 2.05) is 0 Å². The quantitative estimate of drug-likeness (QED) is 0.114. The van der Waals surface area contributed by atoms with Crippen molar-refractivity contribution in [3.63, 3.8) is 0 Å². The number of nitrogens with zero attached hydrogens (tertiary/aromatic N) is 3. The molecule has 0 bridgehead atoms. The van der Waals surface area contributed by atoms with Crippen LogP contribution in [0.1, 0.15) is 44.9 Å². The first-order valence-corrected chi connectivity index (χ1v) is 14.1. The van der Waals surface area contributed by atoms with Crippen LogP contribution in [-0.4, -0.2) is 60.7 Å². The molecule has 0 radical (unpaired) electrons. The number of fused-ring (bicyclic) bond motifs is 1. The lowest BCUT2D eigenvalue weighted by Crippen LogP contribution is -2.71. The highest BCUT2D eigenvalue weighted by Gasteiger charge is 2.54. The molecule has 2 atom stereocenters. The lowest BCUT2D eigenvalue weighted by Gasteiger charge is -2.50. The molecule has 14 heteroatoms. The zero-order chi connectivity index (χ0) is 31.1. The van der Waals surface area contributed by atoms with Gasteiger partial charge in [-0.25, -0.2) is 14.6 Å². The summed E-state index contributed by atoms with van der Waals surface area (Å²) in [5.41, 5.74) is 1.09. The number of hydrogen-bond acceptors (Lipinski definition) is 11. The zero-order valence-electron chi connectivity index (χ0n) is 23.4. The highest BCUT2D eigenvalue weighted by atomic mass is 32.1. The molecule has 5 rings (SSSR count). The third-order valence-electron chi connectivity index (χ3n) is 6.86. The van der Waals surface area contributed by atoms with Crippen LogP contribution in [0, 0.1) is 10.1 Å². The minimum atomic E-state index is -0.889. The molecule has 43 heavy (non-hydrogen) atoms. The summed E-state index contributed by atoms with van der Waals surface area (Å²) >= 11 is 1.25. The normalized spacial score (nSPS) is 18.0. The van der Waals surface area contributed by atoms with Gasteiger partial charge in [0.25, 0.3) is 11.6 Å². The number of rotatable bonds is 7. The van der Waals surface area contributed by atoms with Crippen LogP contribution in [0.3, 0.4) is 0 Å². The number of β-lactam (4-membered cyclic amide) rings is 1. The van der Waals surface area contributed by atoms with Gasteiger partial charge in [0.05, 0.1) is 16.7 Å². The Labute approximate surface area is 249 Å². The number of carbonyl (C=O) groups excluding carboxylic acids is 3. The van der Waals surface area contributed by atoms with Crippen molar-refractivity contribution in [1.82, 2.24) is 15.2 Å². The van der Waals surface area contributed by atoms with E-state index in [0.29, 0.717) is 40.2 Å². The standard InChI is InChI=1S/C29H28N4O9S/c1-29(2,3)42-28(38)31-23-20-10-9-18(19-14-43-25(30-19)16-6-11-21(34)22(35)12-16)24(32(20)26(23)36)27(37)41-13-15-4-7-17(8-5-15)33(39)40/h4-8,11-12,14,20,23,34-35H,9-10,13H2,1-3H3,(H,31,38)/t20-,23+/m1/s1. The monoisotopic (exact) mass is 608 g/mol. The number of allylic oxidation sites excluding steroid dienone is 1. The van der Waals surface area contributed by atoms with Gasteiger partial charge in [-0.05, 0) is 69.5 Å². The number of phenolic OH excluding ortho intramolecular Hbond substituents is 2. The Balaban J connectivity index is 1.43. The minimum Gasteiger partial charge on any atom is -0.504 e. The number of non-ortho nitro benzene ring substituents is 1. The van der Waals surface area contributed by atoms with Crippen molar-refractivity contribution in [3.8, 4) is 22.1 Å². The van der Waals surface area contributed by atoms with E-state index in [0.717, 1.165) is 0 Å². The first-order chi connectivity index (χ1) is 20.3. The maximum absolute atomic E-state index is 13.6. The number of aromatic hydroxyl groups is 2. The number of nitro benzene ring substituents is 1. The average Bonchev–Trinajstić information content (AvgIpc) is 3.44. The Hall–Kier alpha value is -4.98. The molecule has 3 aromatic rings. The third-order valence-corrected chi connectivity index (χ3v) is 7.75. The van der Waals surface area contributed by atoms with Crippen LogP contribution >= 0.6 is 11.3 Å². The molecular weight excluding hydrogens is 580 g/mol. The summed E-state index contributed by atoms with van der Waals surface area (Å²) in [7, 11) is 0. The van der Waals surface area contributed by atoms with Gasteiger partial charge in [0.1, 0.15) is 29.0 Å². The summed E-state index contributed by atoms with van der Waals surface area (Å²) in [6, 6.07) is 8.44. The maximum atomic E-state index is 13.6. The molecule has 2 aliphatic rings. The second-order valence-electron chi connectivity index (χ2n) is 11.0. The van der Waals surface area contributed by atoms with Crippen molar-refractivity contribution in [3.05, 3.63) is 74.9 Å². The van der Waals surface area contributed by atoms with E-state index in [1.165, 1.54) is 52.6 Å². The molecule has 0 unspecified atom stereocenters. The Morgan fingerprint density at radius 3 is 2.53 bits per heavy atom. The number of phenols is 2. The SMILES string of the molecule is CC(C)(C)OC(=O)N[C@@H]1C(=O)N2C(C(=O)OCc3ccc([N+](=O)[O-])cc3)=C(c3csc(-c4ccc(O)c(O)c4)n3)CC[C@H]12. The highest BCUT2D eigenvalue weighted by molar-refractivity contribution is 7.13. The first-order valence-electron chi connectivity index (χ1n) is 13.3. The molecular formula is C29H28N4O9S. The number of aromatic nitrogens is 1. The van der Waals surface area contributed by atoms with Crippen molar-refractivity contribution in [2.75, 3.05) is 0 Å². The number of carbonyl (C=O) groups is 3. The lowest BCUT2D eigenvalue weighted by molar-refractivity contribution is -0.384. The molecule has 0 saturated carbocycles. The van der Waals surface area contributed by atoms with Gasteiger partial charge in [-0.1, -0.05) is 0 Å². The largest absolute Gasteiger partial charge is 0.504 e. The Bertz CT molecular complexity index is 1640. The van der Waals surface area contributed by atoms with Gasteiger partial charge in [-0.3, -0.25) is 19.8 Å². The summed E-state index contributed by atoms with van der Waals surface area (Å²) < 4.78 is 10.9. The predicted molar refractivity (Wildman–Crippen MR) is 154 cm³/mol. The van der Waals surface area contributed by atoms with Gasteiger partial charge in [0.15, 0.2) is 11.5 Å². The molecule has 3 N–H and O–H groups in total. The fourth-order valence-corrected chi connectivity index (χ4v) is 5.70. The molecule has 0 aliphatic carbocycles. The summed E-state index contributed by atoms with van der Waals surface area (Å²) in [6.07, 6.45) is 0.0179. The molecule has 1 aromatic heterocycles. The summed E-state index contributed by atoms with van der Waals surface area (Å²) in [5.74, 6) is -1.88. The number of nitrogens with one attached hydrogen (secondary N) is 1. The molecule has 224 valence electrons. The number of amides is 2. The number of benzene rings is 2. The summed E-state index contributed by atoms with van der Waals surface area (Å²) in [4.78, 5) is 55.7. The maximum Gasteiger partial charge on any atom is 0.408 e. The van der Waals surface area contributed by atoms with Gasteiger partial charge in [0, 0.05) is 28.6 Å². The van der Waals surface area contributed by atoms with E-state index in [2.05, 4.69) is 10.3 Å². The molecule has 2 amide bonds. The number of ether oxygens (including phenoxy) is 2. The van der Waals surface area contributed by atoms with Gasteiger partial charge in [-0.2, -0.15) is 0 Å². The molecule has 0 spiro atoms. The number of alkyl carbamates (subject to hydrolysis) is 1. The number of hydrogen-bond donors (Lipinski definition) is 3. The number of thiazole rings is 1. The third kappa shape index (κ3) is 6.14. The second kappa shape index (κ2) is 11.4. The van der Waals surface area contributed by atoms with Crippen LogP contribution in [0.2, 0.25) is 0 Å². The van der Waals surface area contributed by atoms with Crippen molar-refractivity contribution >= 4 is 40.6 Å². The van der Waals surface area contributed by atoms with Crippen molar-refractivity contribution in [1.29, 1.82) is 0 Å². The van der Waals surface area contributed by atoms with Crippen molar-refractivity contribution in [2.45, 2.75) is 57.9 Å². The van der Waals surface area contributed by atoms with Crippen molar-refractivity contribution < 1.29 is 39.0 Å². The topological polar surface area (TPSA) is 181 Å². The van der Waals surface area contributed by atoms with Crippen LogP contribution in [0.4, 0.5) is 10.5 Å². The smallest absolute Gasteiger partial charge is 0.408 e. The van der Waals surface area contributed by atoms with Gasteiger partial charge in [0.2, 0.25) is 0 Å². The van der Waals surface area contributed by atoms with Gasteiger partial charge >= 0.3 is 12.1 Å².